The number of anilines is 1. The van der Waals surface area contributed by atoms with E-state index in [1.807, 2.05) is 0 Å². The van der Waals surface area contributed by atoms with Crippen molar-refractivity contribution in [1.82, 2.24) is 4.98 Å². The second kappa shape index (κ2) is 5.14. The van der Waals surface area contributed by atoms with Crippen molar-refractivity contribution in [3.05, 3.63) is 22.8 Å². The van der Waals surface area contributed by atoms with Crippen molar-refractivity contribution in [2.24, 2.45) is 5.92 Å². The van der Waals surface area contributed by atoms with Crippen LogP contribution >= 0.6 is 11.6 Å². The van der Waals surface area contributed by atoms with Crippen LogP contribution in [0.15, 0.2) is 12.3 Å². The van der Waals surface area contributed by atoms with E-state index in [1.54, 1.807) is 6.07 Å². The Kier molecular flexibility index (Phi) is 3.76. The van der Waals surface area contributed by atoms with E-state index >= 15 is 0 Å². The third kappa shape index (κ3) is 2.58. The first-order valence-corrected chi connectivity index (χ1v) is 6.52. The van der Waals surface area contributed by atoms with Gasteiger partial charge >= 0.3 is 5.97 Å². The van der Waals surface area contributed by atoms with Gasteiger partial charge in [0.15, 0.2) is 0 Å². The quantitative estimate of drug-likeness (QED) is 0.896. The minimum Gasteiger partial charge on any atom is -0.478 e. The number of rotatable bonds is 2. The Morgan fingerprint density at radius 3 is 2.89 bits per heavy atom. The van der Waals surface area contributed by atoms with Crippen molar-refractivity contribution in [3.63, 3.8) is 0 Å². The number of halogens is 1. The number of hydrogen-bond acceptors (Lipinski definition) is 3. The molecule has 18 heavy (non-hydrogen) atoms. The molecule has 0 bridgehead atoms. The van der Waals surface area contributed by atoms with E-state index in [0.717, 1.165) is 13.0 Å². The first-order valence-electron chi connectivity index (χ1n) is 6.14. The highest BCUT2D eigenvalue weighted by atomic mass is 35.5. The number of carboxylic acid groups (broad SMARTS) is 1. The van der Waals surface area contributed by atoms with Crippen LogP contribution < -0.4 is 4.90 Å². The number of pyridine rings is 1. The van der Waals surface area contributed by atoms with E-state index in [1.165, 1.54) is 12.6 Å². The molecule has 1 aliphatic rings. The third-order valence-electron chi connectivity index (χ3n) is 3.48. The van der Waals surface area contributed by atoms with Gasteiger partial charge in [0.25, 0.3) is 0 Å². The highest BCUT2D eigenvalue weighted by molar-refractivity contribution is 6.33. The smallest absolute Gasteiger partial charge is 0.337 e. The molecule has 1 aromatic rings. The lowest BCUT2D eigenvalue weighted by Gasteiger charge is -2.37. The highest BCUT2D eigenvalue weighted by Crippen LogP contribution is 2.28. The second-order valence-electron chi connectivity index (χ2n) is 5.01. The lowest BCUT2D eigenvalue weighted by Crippen LogP contribution is -2.41. The summed E-state index contributed by atoms with van der Waals surface area (Å²) in [6.07, 6.45) is 3.73. The van der Waals surface area contributed by atoms with Crippen LogP contribution in [0.25, 0.3) is 0 Å². The average Bonchev–Trinajstić information content (AvgIpc) is 2.33. The van der Waals surface area contributed by atoms with E-state index in [4.69, 9.17) is 16.7 Å². The molecule has 1 fully saturated rings. The van der Waals surface area contributed by atoms with Gasteiger partial charge in [-0.25, -0.2) is 9.78 Å². The molecule has 2 heterocycles. The summed E-state index contributed by atoms with van der Waals surface area (Å²) in [4.78, 5) is 17.5. The van der Waals surface area contributed by atoms with Gasteiger partial charge in [-0.2, -0.15) is 0 Å². The van der Waals surface area contributed by atoms with Crippen LogP contribution in [0, 0.1) is 5.92 Å². The predicted molar refractivity (Wildman–Crippen MR) is 71.4 cm³/mol. The molecule has 1 aliphatic heterocycles. The summed E-state index contributed by atoms with van der Waals surface area (Å²) in [6, 6.07) is 1.95. The fourth-order valence-corrected chi connectivity index (χ4v) is 2.54. The van der Waals surface area contributed by atoms with Crippen molar-refractivity contribution in [3.8, 4) is 0 Å². The van der Waals surface area contributed by atoms with Gasteiger partial charge in [-0.3, -0.25) is 0 Å². The molecular weight excluding hydrogens is 252 g/mol. The molecule has 2 unspecified atom stereocenters. The summed E-state index contributed by atoms with van der Waals surface area (Å²) in [6.45, 7) is 5.25. The topological polar surface area (TPSA) is 53.4 Å². The molecule has 1 aromatic heterocycles. The number of piperidine rings is 1. The van der Waals surface area contributed by atoms with Crippen LogP contribution in [0.5, 0.6) is 0 Å². The van der Waals surface area contributed by atoms with Gasteiger partial charge in [-0.15, -0.1) is 0 Å². The Labute approximate surface area is 112 Å². The molecule has 0 spiro atoms. The van der Waals surface area contributed by atoms with Crippen LogP contribution in [0.4, 0.5) is 5.82 Å². The number of carboxylic acids is 1. The second-order valence-corrected chi connectivity index (χ2v) is 5.42. The zero-order valence-electron chi connectivity index (χ0n) is 10.6. The minimum atomic E-state index is -1.01. The molecule has 1 saturated heterocycles. The number of carbonyl (C=O) groups is 1. The molecule has 2 atom stereocenters. The van der Waals surface area contributed by atoms with E-state index in [9.17, 15) is 4.79 Å². The van der Waals surface area contributed by atoms with Gasteiger partial charge < -0.3 is 10.0 Å². The SMILES string of the molecule is CC1CCC(C)N(c2cc(C(=O)O)c(Cl)cn2)C1. The molecule has 2 rings (SSSR count). The maximum absolute atomic E-state index is 11.1. The summed E-state index contributed by atoms with van der Waals surface area (Å²) < 4.78 is 0. The lowest BCUT2D eigenvalue weighted by molar-refractivity contribution is 0.0697. The molecule has 5 heteroatoms. The summed E-state index contributed by atoms with van der Waals surface area (Å²) in [5.74, 6) is 0.296. The Bertz CT molecular complexity index is 464. The van der Waals surface area contributed by atoms with Crippen molar-refractivity contribution in [1.29, 1.82) is 0 Å². The molecule has 1 N–H and O–H groups in total. The molecule has 0 amide bonds. The van der Waals surface area contributed by atoms with Gasteiger partial charge in [0, 0.05) is 18.8 Å². The first kappa shape index (κ1) is 13.1. The van der Waals surface area contributed by atoms with Crippen molar-refractivity contribution >= 4 is 23.4 Å². The maximum Gasteiger partial charge on any atom is 0.337 e. The normalized spacial score (nSPS) is 24.1. The minimum absolute atomic E-state index is 0.118. The Balaban J connectivity index is 2.32. The van der Waals surface area contributed by atoms with Gasteiger partial charge in [-0.05, 0) is 31.7 Å². The molecule has 0 aliphatic carbocycles. The van der Waals surface area contributed by atoms with E-state index in [2.05, 4.69) is 23.7 Å². The van der Waals surface area contributed by atoms with Crippen molar-refractivity contribution in [2.45, 2.75) is 32.7 Å². The maximum atomic E-state index is 11.1. The van der Waals surface area contributed by atoms with Gasteiger partial charge in [0.05, 0.1) is 10.6 Å². The Morgan fingerprint density at radius 2 is 2.22 bits per heavy atom. The summed E-state index contributed by atoms with van der Waals surface area (Å²) >= 11 is 5.83. The Morgan fingerprint density at radius 1 is 1.50 bits per heavy atom. The third-order valence-corrected chi connectivity index (χ3v) is 3.78. The molecule has 4 nitrogen and oxygen atoms in total. The van der Waals surface area contributed by atoms with E-state index in [-0.39, 0.29) is 10.6 Å². The van der Waals surface area contributed by atoms with Crippen molar-refractivity contribution < 1.29 is 9.90 Å². The number of hydrogen-bond donors (Lipinski definition) is 1. The molecule has 98 valence electrons. The Hall–Kier alpha value is -1.29. The summed E-state index contributed by atoms with van der Waals surface area (Å²) in [5.41, 5.74) is 0.118. The fraction of sp³-hybridized carbons (Fsp3) is 0.538. The lowest BCUT2D eigenvalue weighted by atomic mass is 9.95. The van der Waals surface area contributed by atoms with Gasteiger partial charge in [0.1, 0.15) is 5.82 Å². The van der Waals surface area contributed by atoms with Crippen LogP contribution in [0.2, 0.25) is 5.02 Å². The number of aromatic nitrogens is 1. The van der Waals surface area contributed by atoms with Crippen LogP contribution in [0.1, 0.15) is 37.0 Å². The largest absolute Gasteiger partial charge is 0.478 e. The van der Waals surface area contributed by atoms with Crippen molar-refractivity contribution in [2.75, 3.05) is 11.4 Å². The summed E-state index contributed by atoms with van der Waals surface area (Å²) in [5, 5.41) is 9.26. The van der Waals surface area contributed by atoms with E-state index < -0.39 is 5.97 Å². The standard InChI is InChI=1S/C13H17ClN2O2/c1-8-3-4-9(2)16(7-8)12-5-10(13(17)18)11(14)6-15-12/h5-6,8-9H,3-4,7H2,1-2H3,(H,17,18). The van der Waals surface area contributed by atoms with Gasteiger partial charge in [0.2, 0.25) is 0 Å². The zero-order valence-corrected chi connectivity index (χ0v) is 11.3. The highest BCUT2D eigenvalue weighted by Gasteiger charge is 2.25. The van der Waals surface area contributed by atoms with Gasteiger partial charge in [-0.1, -0.05) is 18.5 Å². The predicted octanol–water partition coefficient (Wildman–Crippen LogP) is 3.06. The zero-order chi connectivity index (χ0) is 13.3. The van der Waals surface area contributed by atoms with E-state index in [0.29, 0.717) is 17.8 Å². The average molecular weight is 269 g/mol. The molecular formula is C13H17ClN2O2. The number of aromatic carboxylic acids is 1. The van der Waals surface area contributed by atoms with Crippen LogP contribution in [-0.4, -0.2) is 28.6 Å². The van der Waals surface area contributed by atoms with Crippen LogP contribution in [0.3, 0.4) is 0 Å². The monoisotopic (exact) mass is 268 g/mol. The summed E-state index contributed by atoms with van der Waals surface area (Å²) in [7, 11) is 0. The molecule has 0 aromatic carbocycles. The molecule has 0 saturated carbocycles. The van der Waals surface area contributed by atoms with Crippen LogP contribution in [-0.2, 0) is 0 Å². The number of nitrogens with zero attached hydrogens (tertiary/aromatic N) is 2. The fourth-order valence-electron chi connectivity index (χ4n) is 2.36. The molecule has 0 radical (unpaired) electrons. The first-order chi connectivity index (χ1) is 8.49.